The first kappa shape index (κ1) is 16.1. The van der Waals surface area contributed by atoms with Crippen molar-refractivity contribution in [3.8, 4) is 23.0 Å². The van der Waals surface area contributed by atoms with E-state index >= 15 is 0 Å². The molecule has 2 heterocycles. The third-order valence-corrected chi connectivity index (χ3v) is 5.07. The summed E-state index contributed by atoms with van der Waals surface area (Å²) in [5.41, 5.74) is 0.819. The largest absolute Gasteiger partial charge is 0.493 e. The topological polar surface area (TPSA) is 60.6 Å². The zero-order valence-corrected chi connectivity index (χ0v) is 14.4. The van der Waals surface area contributed by atoms with Crippen LogP contribution >= 0.6 is 11.8 Å². The van der Waals surface area contributed by atoms with Crippen molar-refractivity contribution in [1.82, 2.24) is 15.1 Å². The molecule has 1 aromatic carbocycles. The van der Waals surface area contributed by atoms with Crippen LogP contribution in [0.15, 0.2) is 27.8 Å². The van der Waals surface area contributed by atoms with Crippen LogP contribution in [0.1, 0.15) is 12.8 Å². The molecule has 1 aliphatic heterocycles. The Kier molecular flexibility index (Phi) is 5.07. The van der Waals surface area contributed by atoms with Gasteiger partial charge in [0.05, 0.1) is 14.2 Å². The van der Waals surface area contributed by atoms with Gasteiger partial charge in [0.25, 0.3) is 5.22 Å². The van der Waals surface area contributed by atoms with Gasteiger partial charge in [-0.3, -0.25) is 0 Å². The Labute approximate surface area is 140 Å². The predicted molar refractivity (Wildman–Crippen MR) is 89.2 cm³/mol. The highest BCUT2D eigenvalue weighted by molar-refractivity contribution is 7.99. The number of ether oxygens (including phenoxy) is 2. The summed E-state index contributed by atoms with van der Waals surface area (Å²) in [5, 5.41) is 8.87. The summed E-state index contributed by atoms with van der Waals surface area (Å²) < 4.78 is 16.3. The van der Waals surface area contributed by atoms with E-state index in [0.717, 1.165) is 11.3 Å². The summed E-state index contributed by atoms with van der Waals surface area (Å²) in [6, 6.07) is 6.15. The molecule has 0 N–H and O–H groups in total. The number of nitrogens with zero attached hydrogens (tertiary/aromatic N) is 3. The maximum atomic E-state index is 5.76. The SMILES string of the molecule is COc1ccc(-c2nnc(SC[C@H]3CCCN3C)o2)cc1OC. The minimum absolute atomic E-state index is 0.494. The van der Waals surface area contributed by atoms with Crippen LogP contribution in [0.3, 0.4) is 0 Å². The Balaban J connectivity index is 1.69. The van der Waals surface area contributed by atoms with Gasteiger partial charge in [0.2, 0.25) is 5.89 Å². The third-order valence-electron chi connectivity index (χ3n) is 4.11. The van der Waals surface area contributed by atoms with Crippen molar-refractivity contribution in [3.63, 3.8) is 0 Å². The van der Waals surface area contributed by atoms with E-state index in [4.69, 9.17) is 13.9 Å². The molecule has 23 heavy (non-hydrogen) atoms. The summed E-state index contributed by atoms with van der Waals surface area (Å²) in [6.45, 7) is 1.17. The molecule has 1 atom stereocenters. The highest BCUT2D eigenvalue weighted by Gasteiger charge is 2.22. The van der Waals surface area contributed by atoms with Gasteiger partial charge in [-0.2, -0.15) is 0 Å². The summed E-state index contributed by atoms with van der Waals surface area (Å²) >= 11 is 1.62. The quantitative estimate of drug-likeness (QED) is 0.752. The van der Waals surface area contributed by atoms with Crippen molar-refractivity contribution in [2.75, 3.05) is 33.6 Å². The van der Waals surface area contributed by atoms with Crippen molar-refractivity contribution in [3.05, 3.63) is 18.2 Å². The van der Waals surface area contributed by atoms with Crippen LogP contribution in [-0.2, 0) is 0 Å². The molecule has 0 spiro atoms. The number of rotatable bonds is 6. The Morgan fingerprint density at radius 3 is 2.78 bits per heavy atom. The van der Waals surface area contributed by atoms with E-state index in [1.165, 1.54) is 19.4 Å². The number of likely N-dealkylation sites (tertiary alicyclic amines) is 1. The van der Waals surface area contributed by atoms with Gasteiger partial charge in [-0.15, -0.1) is 10.2 Å². The normalized spacial score (nSPS) is 18.3. The lowest BCUT2D eigenvalue weighted by atomic mass is 10.2. The Hall–Kier alpha value is -1.73. The maximum Gasteiger partial charge on any atom is 0.276 e. The zero-order chi connectivity index (χ0) is 16.2. The fourth-order valence-electron chi connectivity index (χ4n) is 2.71. The summed E-state index contributed by atoms with van der Waals surface area (Å²) in [6.07, 6.45) is 2.50. The fourth-order valence-corrected chi connectivity index (χ4v) is 3.70. The first-order chi connectivity index (χ1) is 11.2. The molecule has 0 aliphatic carbocycles. The van der Waals surface area contributed by atoms with Gasteiger partial charge in [0, 0.05) is 17.4 Å². The molecular weight excluding hydrogens is 314 g/mol. The van der Waals surface area contributed by atoms with Crippen molar-refractivity contribution < 1.29 is 13.9 Å². The van der Waals surface area contributed by atoms with Crippen LogP contribution in [0.5, 0.6) is 11.5 Å². The van der Waals surface area contributed by atoms with Crippen molar-refractivity contribution in [2.45, 2.75) is 24.1 Å². The lowest BCUT2D eigenvalue weighted by molar-refractivity contribution is 0.334. The molecule has 124 valence electrons. The maximum absolute atomic E-state index is 5.76. The van der Waals surface area contributed by atoms with E-state index in [0.29, 0.717) is 28.7 Å². The average molecular weight is 335 g/mol. The number of aromatic nitrogens is 2. The standard InChI is InChI=1S/C16H21N3O3S/c1-19-8-4-5-12(19)10-23-16-18-17-15(22-16)11-6-7-13(20-2)14(9-11)21-3/h6-7,9,12H,4-5,8,10H2,1-3H3/t12-/m1/s1. The second kappa shape index (κ2) is 7.23. The van der Waals surface area contributed by atoms with E-state index in [2.05, 4.69) is 22.1 Å². The van der Waals surface area contributed by atoms with Crippen molar-refractivity contribution >= 4 is 11.8 Å². The molecule has 0 amide bonds. The monoisotopic (exact) mass is 335 g/mol. The number of hydrogen-bond acceptors (Lipinski definition) is 7. The molecule has 0 bridgehead atoms. The fraction of sp³-hybridized carbons (Fsp3) is 0.500. The summed E-state index contributed by atoms with van der Waals surface area (Å²) in [4.78, 5) is 2.39. The second-order valence-electron chi connectivity index (χ2n) is 5.53. The molecule has 1 saturated heterocycles. The van der Waals surface area contributed by atoms with Crippen molar-refractivity contribution in [1.29, 1.82) is 0 Å². The van der Waals surface area contributed by atoms with Gasteiger partial charge in [0.15, 0.2) is 11.5 Å². The average Bonchev–Trinajstić information content (AvgIpc) is 3.21. The van der Waals surface area contributed by atoms with Gasteiger partial charge in [-0.1, -0.05) is 11.8 Å². The first-order valence-electron chi connectivity index (χ1n) is 7.60. The molecule has 6 nitrogen and oxygen atoms in total. The van der Waals surface area contributed by atoms with E-state index in [1.807, 2.05) is 18.2 Å². The van der Waals surface area contributed by atoms with Crippen LogP contribution in [0, 0.1) is 0 Å². The Morgan fingerprint density at radius 2 is 2.09 bits per heavy atom. The van der Waals surface area contributed by atoms with Gasteiger partial charge >= 0.3 is 0 Å². The number of methoxy groups -OCH3 is 2. The van der Waals surface area contributed by atoms with Crippen LogP contribution < -0.4 is 9.47 Å². The number of benzene rings is 1. The molecule has 0 radical (unpaired) electrons. The number of thioether (sulfide) groups is 1. The lowest BCUT2D eigenvalue weighted by Crippen LogP contribution is -2.26. The molecule has 1 aliphatic rings. The summed E-state index contributed by atoms with van der Waals surface area (Å²) in [7, 11) is 5.38. The van der Waals surface area contributed by atoms with E-state index in [1.54, 1.807) is 26.0 Å². The Morgan fingerprint density at radius 1 is 1.26 bits per heavy atom. The van der Waals surface area contributed by atoms with Crippen LogP contribution in [0.25, 0.3) is 11.5 Å². The zero-order valence-electron chi connectivity index (χ0n) is 13.6. The molecule has 0 unspecified atom stereocenters. The molecule has 3 rings (SSSR count). The smallest absolute Gasteiger partial charge is 0.276 e. The van der Waals surface area contributed by atoms with Crippen molar-refractivity contribution in [2.24, 2.45) is 0 Å². The molecule has 2 aromatic rings. The Bertz CT molecular complexity index is 662. The predicted octanol–water partition coefficient (Wildman–Crippen LogP) is 2.94. The van der Waals surface area contributed by atoms with E-state index < -0.39 is 0 Å². The van der Waals surface area contributed by atoms with E-state index in [9.17, 15) is 0 Å². The van der Waals surface area contributed by atoms with Gasteiger partial charge < -0.3 is 18.8 Å². The lowest BCUT2D eigenvalue weighted by Gasteiger charge is -2.17. The van der Waals surface area contributed by atoms with Crippen LogP contribution in [-0.4, -0.2) is 54.7 Å². The molecule has 7 heteroatoms. The van der Waals surface area contributed by atoms with Gasteiger partial charge in [-0.25, -0.2) is 0 Å². The summed E-state index contributed by atoms with van der Waals surface area (Å²) in [5.74, 6) is 2.79. The molecule has 1 fully saturated rings. The minimum atomic E-state index is 0.494. The minimum Gasteiger partial charge on any atom is -0.493 e. The molecule has 1 aromatic heterocycles. The number of hydrogen-bond donors (Lipinski definition) is 0. The van der Waals surface area contributed by atoms with Gasteiger partial charge in [0.1, 0.15) is 0 Å². The van der Waals surface area contributed by atoms with E-state index in [-0.39, 0.29) is 0 Å². The highest BCUT2D eigenvalue weighted by Crippen LogP contribution is 2.33. The highest BCUT2D eigenvalue weighted by atomic mass is 32.2. The third kappa shape index (κ3) is 3.61. The second-order valence-corrected chi connectivity index (χ2v) is 6.50. The van der Waals surface area contributed by atoms with Gasteiger partial charge in [-0.05, 0) is 44.6 Å². The molecule has 0 saturated carbocycles. The first-order valence-corrected chi connectivity index (χ1v) is 8.58. The van der Waals surface area contributed by atoms with Crippen LogP contribution in [0.4, 0.5) is 0 Å². The van der Waals surface area contributed by atoms with Crippen LogP contribution in [0.2, 0.25) is 0 Å². The molecular formula is C16H21N3O3S.